The van der Waals surface area contributed by atoms with Gasteiger partial charge < -0.3 is 98.3 Å². The highest BCUT2D eigenvalue weighted by atomic mass is 16.2. The summed E-state index contributed by atoms with van der Waals surface area (Å²) >= 11 is 0. The van der Waals surface area contributed by atoms with Gasteiger partial charge in [-0.05, 0) is 98.8 Å². The Bertz CT molecular complexity index is 3530. The monoisotopic (exact) mass is 1470 g/mol. The number of carbonyl (C=O) groups is 13. The van der Waals surface area contributed by atoms with Crippen LogP contribution in [-0.4, -0.2) is 172 Å². The first-order valence-corrected chi connectivity index (χ1v) is 35.9. The fraction of sp³-hybridized carbons (Fsp3) is 0.521. The van der Waals surface area contributed by atoms with Crippen LogP contribution >= 0.6 is 0 Å². The lowest BCUT2D eigenvalue weighted by molar-refractivity contribution is -0.136. The molecule has 1 heterocycles. The molecule has 580 valence electrons. The summed E-state index contributed by atoms with van der Waals surface area (Å²) in [5.41, 5.74) is 42.0. The van der Waals surface area contributed by atoms with Crippen molar-refractivity contribution < 1.29 is 62.3 Å². The number of rotatable bonds is 49. The van der Waals surface area contributed by atoms with E-state index < -0.39 is 156 Å². The van der Waals surface area contributed by atoms with Crippen LogP contribution < -0.4 is 93.3 Å². The molecule has 0 saturated carbocycles. The van der Waals surface area contributed by atoms with E-state index in [2.05, 4.69) is 68.1 Å². The Hall–Kier alpha value is -10.8. The molecule has 0 radical (unpaired) electrons. The summed E-state index contributed by atoms with van der Waals surface area (Å²) in [5.74, 6) is -12.0. The first kappa shape index (κ1) is 87.6. The molecule has 3 aromatic carbocycles. The van der Waals surface area contributed by atoms with Gasteiger partial charge in [0.2, 0.25) is 76.8 Å². The molecule has 0 aliphatic rings. The van der Waals surface area contributed by atoms with Gasteiger partial charge in [0.05, 0.1) is 12.4 Å². The maximum atomic E-state index is 15.1. The van der Waals surface area contributed by atoms with Gasteiger partial charge in [-0.15, -0.1) is 0 Å². The van der Waals surface area contributed by atoms with Crippen LogP contribution in [0, 0.1) is 17.8 Å². The molecular weight excluding hydrogens is 1360 g/mol. The number of guanidine groups is 1. The molecule has 106 heavy (non-hydrogen) atoms. The number of hydrogen-bond acceptors (Lipinski definition) is 17. The normalized spacial score (nSPS) is 14.5. The Kier molecular flexibility index (Phi) is 38.1. The zero-order valence-electron chi connectivity index (χ0n) is 61.4. The molecule has 4 aromatic rings. The second-order valence-electron chi connectivity index (χ2n) is 27.3. The van der Waals surface area contributed by atoms with Gasteiger partial charge in [-0.1, -0.05) is 139 Å². The molecular formula is C73H110N20O13. The number of imidazole rings is 1. The SMILES string of the molecule is CC[C@H](C)[C@H](N)C(=O)N[C@@H](CCCCN)C(=O)N[C@@H](CCC(N)=O)C(=O)N[C@@H](CC(C)C)C(=O)N[C@@H](CC(C)C)C(=O)N[C@@H](Cc1cnc[nH]1)C(=O)N[C@@H](Cc1ccccc1)C(=O)N[C@@H](Cc1ccccc1)C(=O)N[C@@H](CCC(N)=O)C(=O)N[C@@H](CCCN=C(N)N)C(=O)N[C@@H](Cc1ccccc1)C(N)=O. The molecule has 0 aliphatic carbocycles. The van der Waals surface area contributed by atoms with Crippen molar-refractivity contribution in [3.05, 3.63) is 126 Å². The van der Waals surface area contributed by atoms with Crippen LogP contribution in [0.2, 0.25) is 0 Å². The van der Waals surface area contributed by atoms with Crippen molar-refractivity contribution in [1.82, 2.24) is 63.1 Å². The number of hydrogen-bond donors (Lipinski definition) is 18. The molecule has 0 saturated heterocycles. The van der Waals surface area contributed by atoms with Crippen LogP contribution in [0.1, 0.15) is 141 Å². The topological polar surface area (TPSA) is 565 Å². The average molecular weight is 1480 g/mol. The molecule has 0 unspecified atom stereocenters. The van der Waals surface area contributed by atoms with E-state index in [-0.39, 0.29) is 101 Å². The first-order valence-electron chi connectivity index (χ1n) is 35.9. The summed E-state index contributed by atoms with van der Waals surface area (Å²) in [4.78, 5) is 193. The molecule has 0 fully saturated rings. The smallest absolute Gasteiger partial charge is 0.243 e. The van der Waals surface area contributed by atoms with Crippen molar-refractivity contribution in [1.29, 1.82) is 0 Å². The number of aromatic amines is 1. The van der Waals surface area contributed by atoms with E-state index in [1.165, 1.54) is 12.5 Å². The third kappa shape index (κ3) is 32.5. The van der Waals surface area contributed by atoms with E-state index in [0.717, 1.165) is 0 Å². The Balaban J connectivity index is 1.69. The third-order valence-corrected chi connectivity index (χ3v) is 17.4. The molecule has 13 amide bonds. The van der Waals surface area contributed by atoms with Gasteiger partial charge in [-0.25, -0.2) is 4.98 Å². The summed E-state index contributed by atoms with van der Waals surface area (Å²) in [6.07, 6.45) is 2.26. The molecule has 25 N–H and O–H groups in total. The summed E-state index contributed by atoms with van der Waals surface area (Å²) in [5, 5.41) is 27.0. The van der Waals surface area contributed by atoms with E-state index in [4.69, 9.17) is 40.1 Å². The molecule has 0 spiro atoms. The van der Waals surface area contributed by atoms with E-state index >= 15 is 9.59 Å². The van der Waals surface area contributed by atoms with Crippen LogP contribution in [0.15, 0.2) is 109 Å². The molecule has 0 aliphatic heterocycles. The summed E-state index contributed by atoms with van der Waals surface area (Å²) in [6.45, 7) is 11.1. The van der Waals surface area contributed by atoms with Gasteiger partial charge in [0.1, 0.15) is 60.4 Å². The molecule has 33 heteroatoms. The highest BCUT2D eigenvalue weighted by molar-refractivity contribution is 5.99. The zero-order chi connectivity index (χ0) is 78.4. The van der Waals surface area contributed by atoms with Crippen LogP contribution in [0.5, 0.6) is 0 Å². The molecule has 4 rings (SSSR count). The van der Waals surface area contributed by atoms with Crippen molar-refractivity contribution in [2.24, 2.45) is 62.9 Å². The number of nitrogens with zero attached hydrogens (tertiary/aromatic N) is 2. The number of nitrogens with two attached hydrogens (primary N) is 7. The van der Waals surface area contributed by atoms with Gasteiger partial charge >= 0.3 is 0 Å². The minimum Gasteiger partial charge on any atom is -0.370 e. The summed E-state index contributed by atoms with van der Waals surface area (Å²) < 4.78 is 0. The van der Waals surface area contributed by atoms with Crippen LogP contribution in [0.4, 0.5) is 0 Å². The molecule has 12 atom stereocenters. The average Bonchev–Trinajstić information content (AvgIpc) is 1.02. The van der Waals surface area contributed by atoms with Crippen molar-refractivity contribution in [3.8, 4) is 0 Å². The van der Waals surface area contributed by atoms with Gasteiger partial charge in [0, 0.05) is 57.0 Å². The van der Waals surface area contributed by atoms with Crippen molar-refractivity contribution in [2.75, 3.05) is 13.1 Å². The van der Waals surface area contributed by atoms with E-state index in [1.54, 1.807) is 126 Å². The standard InChI is InChI=1S/C73H110N20O13/c1-7-44(6)61(77)72(106)87-49(26-17-18-32-74)63(97)85-52(29-31-60(76)95)66(100)89-54(34-42(2)3)67(101)90-55(35-43(4)5)68(102)93-58(39-48-40-81-41-83-48)71(105)92-57(38-47-24-15-10-16-25-47)70(104)91-56(37-46-22-13-9-14-23-46)69(103)86-51(28-30-59(75)94)65(99)84-50(27-19-33-82-73(79)80)64(98)88-53(62(78)96)36-45-20-11-8-12-21-45/h8-16,20-25,40-44,49-58,61H,7,17-19,26-39,74,77H2,1-6H3,(H2,75,94)(H2,76,95)(H2,78,96)(H,81,83)(H,84,99)(H,85,97)(H,86,103)(H,87,106)(H,88,98)(H,89,100)(H,90,101)(H,91,104)(H,92,105)(H,93,102)(H4,79,80,82)/t44-,49-,50-,51-,52-,53-,54-,55-,56-,57-,58-,61-/m0/s1. The predicted molar refractivity (Wildman–Crippen MR) is 397 cm³/mol. The lowest BCUT2D eigenvalue weighted by atomic mass is 9.98. The lowest BCUT2D eigenvalue weighted by Crippen LogP contribution is -2.61. The van der Waals surface area contributed by atoms with Gasteiger partial charge in [-0.3, -0.25) is 67.3 Å². The summed E-state index contributed by atoms with van der Waals surface area (Å²) in [6, 6.07) is 10.6. The minimum absolute atomic E-state index is 0.00258. The molecule has 33 nitrogen and oxygen atoms in total. The van der Waals surface area contributed by atoms with Crippen molar-refractivity contribution >= 4 is 82.8 Å². The van der Waals surface area contributed by atoms with Gasteiger partial charge in [0.15, 0.2) is 5.96 Å². The number of benzene rings is 3. The highest BCUT2D eigenvalue weighted by Gasteiger charge is 2.38. The third-order valence-electron chi connectivity index (χ3n) is 17.4. The maximum absolute atomic E-state index is 15.1. The molecule has 0 bridgehead atoms. The Morgan fingerprint density at radius 1 is 0.415 bits per heavy atom. The van der Waals surface area contributed by atoms with Gasteiger partial charge in [0.25, 0.3) is 0 Å². The highest BCUT2D eigenvalue weighted by Crippen LogP contribution is 2.16. The van der Waals surface area contributed by atoms with Crippen LogP contribution in [0.25, 0.3) is 0 Å². The number of aromatic nitrogens is 2. The quantitative estimate of drug-likeness (QED) is 0.0132. The number of aliphatic imine (C=N–C) groups is 1. The van der Waals surface area contributed by atoms with Crippen LogP contribution in [0.3, 0.4) is 0 Å². The van der Waals surface area contributed by atoms with Gasteiger partial charge in [-0.2, -0.15) is 0 Å². The number of primary amides is 3. The lowest BCUT2D eigenvalue weighted by Gasteiger charge is -2.29. The van der Waals surface area contributed by atoms with E-state index in [9.17, 15) is 52.7 Å². The first-order chi connectivity index (χ1) is 50.4. The Morgan fingerprint density at radius 3 is 1.09 bits per heavy atom. The number of nitrogens with one attached hydrogen (secondary N) is 11. The fourth-order valence-corrected chi connectivity index (χ4v) is 11.3. The largest absolute Gasteiger partial charge is 0.370 e. The predicted octanol–water partition coefficient (Wildman–Crippen LogP) is -1.81. The number of unbranched alkanes of at least 4 members (excludes halogenated alkanes) is 1. The fourth-order valence-electron chi connectivity index (χ4n) is 11.3. The second kappa shape index (κ2) is 46.1. The number of H-pyrrole nitrogens is 1. The second-order valence-corrected chi connectivity index (χ2v) is 27.3. The van der Waals surface area contributed by atoms with Crippen molar-refractivity contribution in [3.63, 3.8) is 0 Å². The zero-order valence-corrected chi connectivity index (χ0v) is 61.4. The van der Waals surface area contributed by atoms with Crippen molar-refractivity contribution in [2.45, 2.75) is 211 Å². The minimum atomic E-state index is -1.60. The Labute approximate surface area is 618 Å². The number of amides is 13. The van der Waals surface area contributed by atoms with E-state index in [0.29, 0.717) is 48.2 Å². The molecule has 1 aromatic heterocycles. The number of carbonyl (C=O) groups excluding carboxylic acids is 13. The summed E-state index contributed by atoms with van der Waals surface area (Å²) in [7, 11) is 0. The maximum Gasteiger partial charge on any atom is 0.243 e. The van der Waals surface area contributed by atoms with E-state index in [1.807, 2.05) is 6.92 Å². The van der Waals surface area contributed by atoms with Crippen LogP contribution in [-0.2, 0) is 88.0 Å². The Morgan fingerprint density at radius 2 is 0.745 bits per heavy atom.